The highest BCUT2D eigenvalue weighted by Gasteiger charge is 1.96. The second-order valence-corrected chi connectivity index (χ2v) is 4.50. The monoisotopic (exact) mass is 273 g/mol. The van der Waals surface area contributed by atoms with Crippen molar-refractivity contribution < 1.29 is 4.74 Å². The van der Waals surface area contributed by atoms with E-state index in [0.29, 0.717) is 5.88 Å². The first-order valence-electron chi connectivity index (χ1n) is 6.14. The van der Waals surface area contributed by atoms with Crippen LogP contribution in [0.5, 0.6) is 11.5 Å². The zero-order valence-electron chi connectivity index (χ0n) is 10.6. The Bertz CT molecular complexity index is 532. The second-order valence-electron chi connectivity index (χ2n) is 4.12. The van der Waals surface area contributed by atoms with E-state index in [1.165, 1.54) is 0 Å². The molecule has 19 heavy (non-hydrogen) atoms. The molecule has 2 rings (SSSR count). The maximum Gasteiger partial charge on any atom is 0.127 e. The van der Waals surface area contributed by atoms with E-state index in [9.17, 15) is 0 Å². The standard InChI is InChI=1S/C16H16ClNO/c17-12-2-1-3-13-4-8-15(9-5-13)19-16-10-6-14(18)7-11-16/h1,3-11H,2,12,18H2. The van der Waals surface area contributed by atoms with Crippen LogP contribution in [0.15, 0.2) is 54.6 Å². The number of anilines is 1. The van der Waals surface area contributed by atoms with Crippen molar-refractivity contribution in [1.82, 2.24) is 0 Å². The summed E-state index contributed by atoms with van der Waals surface area (Å²) in [4.78, 5) is 0. The molecule has 0 saturated carbocycles. The molecular weight excluding hydrogens is 258 g/mol. The molecule has 3 heteroatoms. The van der Waals surface area contributed by atoms with Gasteiger partial charge in [-0.25, -0.2) is 0 Å². The van der Waals surface area contributed by atoms with Gasteiger partial charge in [0.15, 0.2) is 0 Å². The predicted molar refractivity (Wildman–Crippen MR) is 81.7 cm³/mol. The van der Waals surface area contributed by atoms with E-state index >= 15 is 0 Å². The number of alkyl halides is 1. The average Bonchev–Trinajstić information content (AvgIpc) is 2.44. The maximum absolute atomic E-state index is 5.71. The lowest BCUT2D eigenvalue weighted by Gasteiger charge is -2.06. The van der Waals surface area contributed by atoms with Gasteiger partial charge in [0.05, 0.1) is 0 Å². The molecule has 0 aliphatic rings. The summed E-state index contributed by atoms with van der Waals surface area (Å²) in [5, 5.41) is 0. The number of hydrogen-bond acceptors (Lipinski definition) is 2. The smallest absolute Gasteiger partial charge is 0.127 e. The molecule has 0 amide bonds. The minimum absolute atomic E-state index is 0.648. The first-order valence-corrected chi connectivity index (χ1v) is 6.67. The van der Waals surface area contributed by atoms with Crippen molar-refractivity contribution in [2.45, 2.75) is 6.42 Å². The van der Waals surface area contributed by atoms with Crippen LogP contribution in [0.2, 0.25) is 0 Å². The van der Waals surface area contributed by atoms with Gasteiger partial charge in [0.2, 0.25) is 0 Å². The highest BCUT2D eigenvalue weighted by Crippen LogP contribution is 2.22. The quantitative estimate of drug-likeness (QED) is 0.633. The Morgan fingerprint density at radius 3 is 2.11 bits per heavy atom. The number of ether oxygens (including phenoxy) is 1. The molecule has 0 aromatic heterocycles. The lowest BCUT2D eigenvalue weighted by molar-refractivity contribution is 0.483. The molecule has 0 saturated heterocycles. The maximum atomic E-state index is 5.71. The summed E-state index contributed by atoms with van der Waals surface area (Å²) in [5.41, 5.74) is 7.49. The number of nitrogens with two attached hydrogens (primary N) is 1. The summed E-state index contributed by atoms with van der Waals surface area (Å²) < 4.78 is 5.71. The summed E-state index contributed by atoms with van der Waals surface area (Å²) in [5.74, 6) is 2.23. The van der Waals surface area contributed by atoms with Gasteiger partial charge in [-0.1, -0.05) is 24.3 Å². The van der Waals surface area contributed by atoms with Crippen molar-refractivity contribution in [2.24, 2.45) is 0 Å². The fraction of sp³-hybridized carbons (Fsp3) is 0.125. The van der Waals surface area contributed by atoms with E-state index in [0.717, 1.165) is 29.2 Å². The molecule has 0 fully saturated rings. The van der Waals surface area contributed by atoms with Crippen molar-refractivity contribution >= 4 is 23.4 Å². The van der Waals surface area contributed by atoms with Gasteiger partial charge in [-0.3, -0.25) is 0 Å². The van der Waals surface area contributed by atoms with Crippen molar-refractivity contribution in [2.75, 3.05) is 11.6 Å². The summed E-state index contributed by atoms with van der Waals surface area (Å²) in [6, 6.07) is 15.2. The number of allylic oxidation sites excluding steroid dienone is 1. The van der Waals surface area contributed by atoms with Crippen LogP contribution >= 0.6 is 11.6 Å². The Kier molecular flexibility index (Phi) is 4.87. The highest BCUT2D eigenvalue weighted by atomic mass is 35.5. The summed E-state index contributed by atoms with van der Waals surface area (Å²) >= 11 is 5.61. The minimum atomic E-state index is 0.648. The minimum Gasteiger partial charge on any atom is -0.457 e. The molecule has 0 heterocycles. The Balaban J connectivity index is 2.00. The van der Waals surface area contributed by atoms with Gasteiger partial charge < -0.3 is 10.5 Å². The van der Waals surface area contributed by atoms with E-state index in [2.05, 4.69) is 12.2 Å². The lowest BCUT2D eigenvalue weighted by atomic mass is 10.2. The van der Waals surface area contributed by atoms with Crippen LogP contribution in [0.25, 0.3) is 6.08 Å². The van der Waals surface area contributed by atoms with Crippen LogP contribution in [0, 0.1) is 0 Å². The van der Waals surface area contributed by atoms with Gasteiger partial charge in [-0.2, -0.15) is 0 Å². The molecule has 2 nitrogen and oxygen atoms in total. The second kappa shape index (κ2) is 6.86. The van der Waals surface area contributed by atoms with Gasteiger partial charge in [-0.05, 0) is 48.4 Å². The van der Waals surface area contributed by atoms with Crippen LogP contribution < -0.4 is 10.5 Å². The third-order valence-corrected chi connectivity index (χ3v) is 2.80. The van der Waals surface area contributed by atoms with Crippen molar-refractivity contribution in [1.29, 1.82) is 0 Å². The number of rotatable bonds is 5. The van der Waals surface area contributed by atoms with Gasteiger partial charge >= 0.3 is 0 Å². The van der Waals surface area contributed by atoms with E-state index in [4.69, 9.17) is 22.1 Å². The number of hydrogen-bond donors (Lipinski definition) is 1. The third kappa shape index (κ3) is 4.34. The van der Waals surface area contributed by atoms with Crippen LogP contribution in [-0.4, -0.2) is 5.88 Å². The Morgan fingerprint density at radius 2 is 1.53 bits per heavy atom. The predicted octanol–water partition coefficient (Wildman–Crippen LogP) is 4.70. The number of halogens is 1. The molecule has 0 bridgehead atoms. The first kappa shape index (κ1) is 13.5. The van der Waals surface area contributed by atoms with E-state index in [-0.39, 0.29) is 0 Å². The fourth-order valence-electron chi connectivity index (χ4n) is 1.60. The molecule has 0 atom stereocenters. The molecule has 0 radical (unpaired) electrons. The highest BCUT2D eigenvalue weighted by molar-refractivity contribution is 6.17. The van der Waals surface area contributed by atoms with Crippen LogP contribution in [-0.2, 0) is 0 Å². The van der Waals surface area contributed by atoms with E-state index in [1.807, 2.05) is 48.5 Å². The normalized spacial score (nSPS) is 10.8. The molecule has 2 aromatic rings. The van der Waals surface area contributed by atoms with E-state index in [1.54, 1.807) is 0 Å². The average molecular weight is 274 g/mol. The molecule has 0 aliphatic carbocycles. The van der Waals surface area contributed by atoms with Gasteiger partial charge in [0, 0.05) is 11.6 Å². The molecule has 2 aromatic carbocycles. The van der Waals surface area contributed by atoms with Gasteiger partial charge in [-0.15, -0.1) is 11.6 Å². The first-order chi connectivity index (χ1) is 9.28. The van der Waals surface area contributed by atoms with E-state index < -0.39 is 0 Å². The van der Waals surface area contributed by atoms with Crippen LogP contribution in [0.4, 0.5) is 5.69 Å². The fourth-order valence-corrected chi connectivity index (χ4v) is 1.73. The number of nitrogen functional groups attached to an aromatic ring is 1. The van der Waals surface area contributed by atoms with Gasteiger partial charge in [0.1, 0.15) is 11.5 Å². The molecule has 0 unspecified atom stereocenters. The number of benzene rings is 2. The third-order valence-electron chi connectivity index (χ3n) is 2.58. The van der Waals surface area contributed by atoms with Gasteiger partial charge in [0.25, 0.3) is 0 Å². The van der Waals surface area contributed by atoms with Crippen molar-refractivity contribution in [3.63, 3.8) is 0 Å². The van der Waals surface area contributed by atoms with Crippen LogP contribution in [0.3, 0.4) is 0 Å². The van der Waals surface area contributed by atoms with Crippen molar-refractivity contribution in [3.8, 4) is 11.5 Å². The Morgan fingerprint density at radius 1 is 0.947 bits per heavy atom. The molecule has 2 N–H and O–H groups in total. The topological polar surface area (TPSA) is 35.2 Å². The molecule has 0 spiro atoms. The van der Waals surface area contributed by atoms with Crippen LogP contribution in [0.1, 0.15) is 12.0 Å². The largest absolute Gasteiger partial charge is 0.457 e. The Hall–Kier alpha value is -1.93. The Labute approximate surface area is 118 Å². The zero-order chi connectivity index (χ0) is 13.5. The summed E-state index contributed by atoms with van der Waals surface area (Å²) in [6.07, 6.45) is 4.99. The SMILES string of the molecule is Nc1ccc(Oc2ccc(C=CCCCl)cc2)cc1. The summed E-state index contributed by atoms with van der Waals surface area (Å²) in [6.45, 7) is 0. The molecule has 0 aliphatic heterocycles. The van der Waals surface area contributed by atoms with Crippen molar-refractivity contribution in [3.05, 3.63) is 60.2 Å². The lowest BCUT2D eigenvalue weighted by Crippen LogP contribution is -1.86. The summed E-state index contributed by atoms with van der Waals surface area (Å²) in [7, 11) is 0. The zero-order valence-corrected chi connectivity index (χ0v) is 11.3. The molecule has 98 valence electrons. The molecular formula is C16H16ClNO.